The number of ether oxygens (including phenoxy) is 1. The lowest BCUT2D eigenvalue weighted by molar-refractivity contribution is -0.151. The molecule has 1 saturated heterocycles. The maximum atomic E-state index is 12.0. The normalized spacial score (nSPS) is 32.3. The van der Waals surface area contributed by atoms with Crippen molar-refractivity contribution in [3.05, 3.63) is 0 Å². The Kier molecular flexibility index (Phi) is 3.66. The molecule has 0 spiro atoms. The van der Waals surface area contributed by atoms with Gasteiger partial charge in [-0.05, 0) is 25.2 Å². The van der Waals surface area contributed by atoms with Gasteiger partial charge in [0.1, 0.15) is 12.6 Å². The van der Waals surface area contributed by atoms with Gasteiger partial charge in [-0.2, -0.15) is 0 Å². The van der Waals surface area contributed by atoms with Gasteiger partial charge >= 0.3 is 5.97 Å². The lowest BCUT2D eigenvalue weighted by atomic mass is 9.85. The van der Waals surface area contributed by atoms with E-state index in [1.807, 2.05) is 0 Å². The summed E-state index contributed by atoms with van der Waals surface area (Å²) in [7, 11) is 1.46. The van der Waals surface area contributed by atoms with Crippen molar-refractivity contribution < 1.29 is 19.4 Å². The van der Waals surface area contributed by atoms with Crippen LogP contribution >= 0.6 is 0 Å². The molecule has 1 heterocycles. The first-order valence-corrected chi connectivity index (χ1v) is 6.18. The minimum atomic E-state index is -0.885. The van der Waals surface area contributed by atoms with E-state index in [-0.39, 0.29) is 18.6 Å². The van der Waals surface area contributed by atoms with Crippen molar-refractivity contribution in [3.63, 3.8) is 0 Å². The Labute approximate surface area is 101 Å². The van der Waals surface area contributed by atoms with Crippen molar-refractivity contribution >= 4 is 11.9 Å². The minimum Gasteiger partial charge on any atom is -0.480 e. The molecule has 1 aliphatic heterocycles. The highest BCUT2D eigenvalue weighted by molar-refractivity contribution is 5.85. The van der Waals surface area contributed by atoms with Crippen LogP contribution in [0.5, 0.6) is 0 Å². The number of carboxylic acid groups (broad SMARTS) is 1. The average Bonchev–Trinajstić information content (AvgIpc) is 2.68. The summed E-state index contributed by atoms with van der Waals surface area (Å²) in [5, 5.41) is 9.21. The number of hydrogen-bond acceptors (Lipinski definition) is 3. The summed E-state index contributed by atoms with van der Waals surface area (Å²) in [5.41, 5.74) is 0. The van der Waals surface area contributed by atoms with Gasteiger partial charge in [0.2, 0.25) is 5.91 Å². The van der Waals surface area contributed by atoms with Crippen LogP contribution in [0.25, 0.3) is 0 Å². The molecule has 1 aliphatic carbocycles. The van der Waals surface area contributed by atoms with Gasteiger partial charge in [0.25, 0.3) is 0 Å². The number of amides is 1. The number of nitrogens with zero attached hydrogens (tertiary/aromatic N) is 1. The summed E-state index contributed by atoms with van der Waals surface area (Å²) < 4.78 is 4.84. The Bertz CT molecular complexity index is 318. The Morgan fingerprint density at radius 2 is 2.06 bits per heavy atom. The van der Waals surface area contributed by atoms with E-state index in [0.717, 1.165) is 25.7 Å². The van der Waals surface area contributed by atoms with Gasteiger partial charge in [0, 0.05) is 13.2 Å². The first-order valence-electron chi connectivity index (χ1n) is 6.18. The molecule has 0 radical (unpaired) electrons. The van der Waals surface area contributed by atoms with Crippen molar-refractivity contribution in [2.75, 3.05) is 13.7 Å². The van der Waals surface area contributed by atoms with Gasteiger partial charge in [0.15, 0.2) is 0 Å². The van der Waals surface area contributed by atoms with E-state index >= 15 is 0 Å². The van der Waals surface area contributed by atoms with E-state index in [1.165, 1.54) is 7.11 Å². The van der Waals surface area contributed by atoms with E-state index < -0.39 is 12.0 Å². The van der Waals surface area contributed by atoms with E-state index in [0.29, 0.717) is 12.3 Å². The molecule has 2 rings (SSSR count). The number of carbonyl (C=O) groups is 2. The predicted octanol–water partition coefficient (Wildman–Crippen LogP) is 0.877. The second kappa shape index (κ2) is 5.04. The summed E-state index contributed by atoms with van der Waals surface area (Å²) in [5.74, 6) is -0.705. The zero-order chi connectivity index (χ0) is 12.4. The van der Waals surface area contributed by atoms with Crippen molar-refractivity contribution in [3.8, 4) is 0 Å². The molecule has 5 heteroatoms. The van der Waals surface area contributed by atoms with Crippen LogP contribution in [0.3, 0.4) is 0 Å². The summed E-state index contributed by atoms with van der Waals surface area (Å²) in [6, 6.07) is -0.529. The van der Waals surface area contributed by atoms with Gasteiger partial charge in [0.05, 0.1) is 0 Å². The van der Waals surface area contributed by atoms with Crippen molar-refractivity contribution in [2.45, 2.75) is 44.2 Å². The van der Waals surface area contributed by atoms with Gasteiger partial charge < -0.3 is 14.7 Å². The molecule has 1 amide bonds. The summed E-state index contributed by atoms with van der Waals surface area (Å²) >= 11 is 0. The number of fused-ring (bicyclic) bond motifs is 1. The van der Waals surface area contributed by atoms with E-state index in [4.69, 9.17) is 4.74 Å². The number of methoxy groups -OCH3 is 1. The highest BCUT2D eigenvalue weighted by atomic mass is 16.5. The number of likely N-dealkylation sites (tertiary alicyclic amines) is 1. The Morgan fingerprint density at radius 1 is 1.35 bits per heavy atom. The second-order valence-electron chi connectivity index (χ2n) is 4.94. The molecule has 0 unspecified atom stereocenters. The summed E-state index contributed by atoms with van der Waals surface area (Å²) in [6.45, 7) is -0.0208. The standard InChI is InChI=1S/C12H19NO4/c1-17-7-11(14)13-9-5-3-2-4-8(9)6-10(13)12(15)16/h8-10H,2-7H2,1H3,(H,15,16)/t8-,9-,10+/m1/s1. The van der Waals surface area contributed by atoms with Crippen LogP contribution in [-0.4, -0.2) is 47.7 Å². The minimum absolute atomic E-state index is 0.0208. The van der Waals surface area contributed by atoms with Gasteiger partial charge in [-0.1, -0.05) is 12.8 Å². The van der Waals surface area contributed by atoms with Crippen LogP contribution in [0.2, 0.25) is 0 Å². The third kappa shape index (κ3) is 2.29. The van der Waals surface area contributed by atoms with Crippen LogP contribution in [0, 0.1) is 5.92 Å². The number of carboxylic acids is 1. The number of rotatable bonds is 3. The molecule has 2 fully saturated rings. The molecule has 1 saturated carbocycles. The molecule has 17 heavy (non-hydrogen) atoms. The second-order valence-corrected chi connectivity index (χ2v) is 4.94. The van der Waals surface area contributed by atoms with Crippen LogP contribution in [0.15, 0.2) is 0 Å². The first-order chi connectivity index (χ1) is 8.15. The Hall–Kier alpha value is -1.10. The third-order valence-electron chi connectivity index (χ3n) is 3.93. The zero-order valence-corrected chi connectivity index (χ0v) is 10.1. The topological polar surface area (TPSA) is 66.8 Å². The average molecular weight is 241 g/mol. The monoisotopic (exact) mass is 241 g/mol. The molecule has 3 atom stereocenters. The van der Waals surface area contributed by atoms with E-state index in [9.17, 15) is 14.7 Å². The SMILES string of the molecule is COCC(=O)N1[C@@H]2CCCC[C@@H]2C[C@H]1C(=O)O. The van der Waals surface area contributed by atoms with Crippen LogP contribution < -0.4 is 0 Å². The largest absolute Gasteiger partial charge is 0.480 e. The van der Waals surface area contributed by atoms with Gasteiger partial charge in [-0.25, -0.2) is 4.79 Å². The highest BCUT2D eigenvalue weighted by Gasteiger charge is 2.47. The van der Waals surface area contributed by atoms with E-state index in [1.54, 1.807) is 4.90 Å². The quantitative estimate of drug-likeness (QED) is 0.796. The number of aliphatic carboxylic acids is 1. The summed E-state index contributed by atoms with van der Waals surface area (Å²) in [6.07, 6.45) is 4.83. The van der Waals surface area contributed by atoms with Crippen LogP contribution in [0.4, 0.5) is 0 Å². The molecule has 0 aromatic rings. The zero-order valence-electron chi connectivity index (χ0n) is 10.1. The smallest absolute Gasteiger partial charge is 0.326 e. The molecule has 1 N–H and O–H groups in total. The van der Waals surface area contributed by atoms with Gasteiger partial charge in [-0.3, -0.25) is 4.79 Å². The number of hydrogen-bond donors (Lipinski definition) is 1. The maximum absolute atomic E-state index is 12.0. The number of carbonyl (C=O) groups excluding carboxylic acids is 1. The molecular weight excluding hydrogens is 222 g/mol. The van der Waals surface area contributed by atoms with Crippen LogP contribution in [0.1, 0.15) is 32.1 Å². The molecule has 2 aliphatic rings. The fraction of sp³-hybridized carbons (Fsp3) is 0.833. The molecule has 5 nitrogen and oxygen atoms in total. The fourth-order valence-corrected chi connectivity index (χ4v) is 3.24. The molecule has 0 bridgehead atoms. The van der Waals surface area contributed by atoms with Crippen molar-refractivity contribution in [1.82, 2.24) is 4.90 Å². The Balaban J connectivity index is 2.17. The maximum Gasteiger partial charge on any atom is 0.326 e. The lowest BCUT2D eigenvalue weighted by Crippen LogP contribution is -2.47. The van der Waals surface area contributed by atoms with Crippen molar-refractivity contribution in [2.24, 2.45) is 5.92 Å². The highest BCUT2D eigenvalue weighted by Crippen LogP contribution is 2.39. The fourth-order valence-electron chi connectivity index (χ4n) is 3.24. The lowest BCUT2D eigenvalue weighted by Gasteiger charge is -2.32. The van der Waals surface area contributed by atoms with Crippen molar-refractivity contribution in [1.29, 1.82) is 0 Å². The van der Waals surface area contributed by atoms with Crippen LogP contribution in [-0.2, 0) is 14.3 Å². The third-order valence-corrected chi connectivity index (χ3v) is 3.93. The molecule has 0 aromatic heterocycles. The van der Waals surface area contributed by atoms with E-state index in [2.05, 4.69) is 0 Å². The molecule has 0 aromatic carbocycles. The Morgan fingerprint density at radius 3 is 2.71 bits per heavy atom. The summed E-state index contributed by atoms with van der Waals surface area (Å²) in [4.78, 5) is 24.7. The van der Waals surface area contributed by atoms with Gasteiger partial charge in [-0.15, -0.1) is 0 Å². The first kappa shape index (κ1) is 12.4. The molecule has 96 valence electrons. The molecular formula is C12H19NO4. The predicted molar refractivity (Wildman–Crippen MR) is 60.5 cm³/mol.